The Morgan fingerprint density at radius 2 is 1.69 bits per heavy atom. The third-order valence-corrected chi connectivity index (χ3v) is 3.05. The summed E-state index contributed by atoms with van der Waals surface area (Å²) in [6, 6.07) is 11.1. The third kappa shape index (κ3) is 1.92. The highest BCUT2D eigenvalue weighted by Gasteiger charge is 2.22. The van der Waals surface area contributed by atoms with Crippen LogP contribution in [0.1, 0.15) is 37.2 Å². The first-order chi connectivity index (χ1) is 6.38. The van der Waals surface area contributed by atoms with E-state index in [9.17, 15) is 0 Å². The highest BCUT2D eigenvalue weighted by atomic mass is 14.7. The van der Waals surface area contributed by atoms with Crippen LogP contribution in [-0.2, 0) is 0 Å². The topological polar surface area (TPSA) is 26.0 Å². The summed E-state index contributed by atoms with van der Waals surface area (Å²) in [6.45, 7) is 0. The Kier molecular flexibility index (Phi) is 2.65. The maximum Gasteiger partial charge on any atom is 0.0108 e. The van der Waals surface area contributed by atoms with E-state index in [2.05, 4.69) is 30.3 Å². The second-order valence-corrected chi connectivity index (χ2v) is 3.97. The Labute approximate surface area is 80.0 Å². The number of nitrogens with two attached hydrogens (primary N) is 1. The fourth-order valence-corrected chi connectivity index (χ4v) is 2.27. The molecule has 1 aromatic rings. The molecule has 2 N–H and O–H groups in total. The van der Waals surface area contributed by atoms with Gasteiger partial charge in [-0.05, 0) is 24.3 Å². The Morgan fingerprint density at radius 1 is 1.00 bits per heavy atom. The minimum absolute atomic E-state index is 0.385. The van der Waals surface area contributed by atoms with Crippen LogP contribution >= 0.6 is 0 Å². The normalized spacial score (nSPS) is 28.7. The van der Waals surface area contributed by atoms with Crippen molar-refractivity contribution < 1.29 is 0 Å². The maximum absolute atomic E-state index is 6.11. The van der Waals surface area contributed by atoms with Crippen LogP contribution in [0.15, 0.2) is 30.3 Å². The van der Waals surface area contributed by atoms with Gasteiger partial charge in [0, 0.05) is 6.04 Å². The molecule has 70 valence electrons. The first-order valence-corrected chi connectivity index (χ1v) is 5.18. The fourth-order valence-electron chi connectivity index (χ4n) is 2.27. The molecule has 0 saturated heterocycles. The summed E-state index contributed by atoms with van der Waals surface area (Å²) in [5.41, 5.74) is 7.54. The zero-order valence-corrected chi connectivity index (χ0v) is 7.95. The van der Waals surface area contributed by atoms with E-state index in [1.54, 1.807) is 0 Å². The van der Waals surface area contributed by atoms with Gasteiger partial charge in [-0.25, -0.2) is 0 Å². The molecule has 0 aliphatic heterocycles. The average molecular weight is 175 g/mol. The molecule has 1 aliphatic rings. The van der Waals surface area contributed by atoms with Crippen LogP contribution < -0.4 is 5.73 Å². The van der Waals surface area contributed by atoms with Gasteiger partial charge >= 0.3 is 0 Å². The highest BCUT2D eigenvalue weighted by molar-refractivity contribution is 5.21. The minimum atomic E-state index is 0.385. The predicted octanol–water partition coefficient (Wildman–Crippen LogP) is 2.67. The summed E-state index contributed by atoms with van der Waals surface area (Å²) in [6.07, 6.45) is 5.11. The summed E-state index contributed by atoms with van der Waals surface area (Å²) in [5.74, 6) is 0.606. The molecule has 1 saturated carbocycles. The van der Waals surface area contributed by atoms with Gasteiger partial charge in [0.15, 0.2) is 0 Å². The maximum atomic E-state index is 6.11. The van der Waals surface area contributed by atoms with Crippen molar-refractivity contribution in [2.75, 3.05) is 0 Å². The number of rotatable bonds is 1. The van der Waals surface area contributed by atoms with E-state index in [0.717, 1.165) is 0 Å². The lowest BCUT2D eigenvalue weighted by Crippen LogP contribution is -2.31. The molecule has 0 aromatic heterocycles. The molecule has 13 heavy (non-hydrogen) atoms. The first kappa shape index (κ1) is 8.76. The van der Waals surface area contributed by atoms with E-state index in [1.165, 1.54) is 31.2 Å². The van der Waals surface area contributed by atoms with Crippen LogP contribution in [0.5, 0.6) is 0 Å². The number of hydrogen-bond acceptors (Lipinski definition) is 1. The predicted molar refractivity (Wildman–Crippen MR) is 55.6 cm³/mol. The van der Waals surface area contributed by atoms with Crippen molar-refractivity contribution in [3.8, 4) is 0 Å². The lowest BCUT2D eigenvalue weighted by molar-refractivity contribution is 0.385. The SMILES string of the molecule is N[C@H]1CCCC[C@H]1c1ccccc1. The van der Waals surface area contributed by atoms with Crippen LogP contribution in [0.3, 0.4) is 0 Å². The van der Waals surface area contributed by atoms with E-state index in [1.807, 2.05) is 0 Å². The van der Waals surface area contributed by atoms with Gasteiger partial charge < -0.3 is 5.73 Å². The first-order valence-electron chi connectivity index (χ1n) is 5.18. The molecular formula is C12H17N. The van der Waals surface area contributed by atoms with Crippen molar-refractivity contribution in [2.24, 2.45) is 5.73 Å². The van der Waals surface area contributed by atoms with Gasteiger partial charge in [-0.1, -0.05) is 43.2 Å². The zero-order valence-electron chi connectivity index (χ0n) is 7.95. The Bertz CT molecular complexity index is 255. The van der Waals surface area contributed by atoms with Crippen molar-refractivity contribution in [1.29, 1.82) is 0 Å². The van der Waals surface area contributed by atoms with Gasteiger partial charge in [-0.3, -0.25) is 0 Å². The highest BCUT2D eigenvalue weighted by Crippen LogP contribution is 2.31. The van der Waals surface area contributed by atoms with E-state index in [0.29, 0.717) is 12.0 Å². The van der Waals surface area contributed by atoms with E-state index >= 15 is 0 Å². The van der Waals surface area contributed by atoms with Crippen LogP contribution in [0.2, 0.25) is 0 Å². The summed E-state index contributed by atoms with van der Waals surface area (Å²) in [7, 11) is 0. The van der Waals surface area contributed by atoms with E-state index in [4.69, 9.17) is 5.73 Å². The lowest BCUT2D eigenvalue weighted by Gasteiger charge is -2.28. The van der Waals surface area contributed by atoms with Crippen LogP contribution in [0, 0.1) is 0 Å². The van der Waals surface area contributed by atoms with Gasteiger partial charge in [0.25, 0.3) is 0 Å². The third-order valence-electron chi connectivity index (χ3n) is 3.05. The van der Waals surface area contributed by atoms with Gasteiger partial charge in [-0.15, -0.1) is 0 Å². The summed E-state index contributed by atoms with van der Waals surface area (Å²) in [4.78, 5) is 0. The molecule has 0 amide bonds. The van der Waals surface area contributed by atoms with Gasteiger partial charge in [0.1, 0.15) is 0 Å². The second kappa shape index (κ2) is 3.93. The average Bonchev–Trinajstić information content (AvgIpc) is 2.20. The molecule has 0 bridgehead atoms. The largest absolute Gasteiger partial charge is 0.327 e. The summed E-state index contributed by atoms with van der Waals surface area (Å²) >= 11 is 0. The molecule has 0 spiro atoms. The summed E-state index contributed by atoms with van der Waals surface area (Å²) in [5, 5.41) is 0. The van der Waals surface area contributed by atoms with E-state index in [-0.39, 0.29) is 0 Å². The fraction of sp³-hybridized carbons (Fsp3) is 0.500. The molecule has 0 heterocycles. The smallest absolute Gasteiger partial charge is 0.0108 e. The van der Waals surface area contributed by atoms with Gasteiger partial charge in [0.2, 0.25) is 0 Å². The Hall–Kier alpha value is -0.820. The minimum Gasteiger partial charge on any atom is -0.327 e. The van der Waals surface area contributed by atoms with Crippen molar-refractivity contribution >= 4 is 0 Å². The van der Waals surface area contributed by atoms with Gasteiger partial charge in [0.05, 0.1) is 0 Å². The van der Waals surface area contributed by atoms with Crippen molar-refractivity contribution in [1.82, 2.24) is 0 Å². The Balaban J connectivity index is 2.15. The zero-order chi connectivity index (χ0) is 9.10. The molecule has 0 unspecified atom stereocenters. The number of benzene rings is 1. The molecule has 1 nitrogen and oxygen atoms in total. The van der Waals surface area contributed by atoms with Crippen molar-refractivity contribution in [2.45, 2.75) is 37.6 Å². The Morgan fingerprint density at radius 3 is 2.38 bits per heavy atom. The summed E-state index contributed by atoms with van der Waals surface area (Å²) < 4.78 is 0. The number of hydrogen-bond donors (Lipinski definition) is 1. The molecule has 0 radical (unpaired) electrons. The second-order valence-electron chi connectivity index (χ2n) is 3.97. The standard InChI is InChI=1S/C12H17N/c13-12-9-5-4-8-11(12)10-6-2-1-3-7-10/h1-3,6-7,11-12H,4-5,8-9,13H2/t11-,12-/m0/s1. The molecule has 1 aliphatic carbocycles. The quantitative estimate of drug-likeness (QED) is 0.697. The molecule has 2 atom stereocenters. The van der Waals surface area contributed by atoms with Crippen LogP contribution in [-0.4, -0.2) is 6.04 Å². The van der Waals surface area contributed by atoms with Gasteiger partial charge in [-0.2, -0.15) is 0 Å². The molecule has 1 heteroatoms. The van der Waals surface area contributed by atoms with Crippen LogP contribution in [0.25, 0.3) is 0 Å². The molecule has 1 aromatic carbocycles. The van der Waals surface area contributed by atoms with Crippen LogP contribution in [0.4, 0.5) is 0 Å². The van der Waals surface area contributed by atoms with E-state index < -0.39 is 0 Å². The molecule has 2 rings (SSSR count). The van der Waals surface area contributed by atoms with Crippen molar-refractivity contribution in [3.05, 3.63) is 35.9 Å². The molecule has 1 fully saturated rings. The lowest BCUT2D eigenvalue weighted by atomic mass is 9.80. The molecular weight excluding hydrogens is 158 g/mol. The van der Waals surface area contributed by atoms with Crippen molar-refractivity contribution in [3.63, 3.8) is 0 Å². The monoisotopic (exact) mass is 175 g/mol.